The second kappa shape index (κ2) is 4.95. The Balaban J connectivity index is 2.54. The van der Waals surface area contributed by atoms with Crippen molar-refractivity contribution in [1.82, 2.24) is 5.32 Å². The van der Waals surface area contributed by atoms with Gasteiger partial charge in [0.05, 0.1) is 0 Å². The van der Waals surface area contributed by atoms with Crippen molar-refractivity contribution in [2.45, 2.75) is 0 Å². The smallest absolute Gasteiger partial charge is 0.0340 e. The third-order valence-electron chi connectivity index (χ3n) is 1.60. The molecule has 0 aliphatic heterocycles. The number of hydrogen-bond donors (Lipinski definition) is 1. The molecule has 0 aromatic heterocycles. The predicted octanol–water partition coefficient (Wildman–Crippen LogP) is 2.12. The molecule has 0 spiro atoms. The molecule has 1 N–H and O–H groups in total. The summed E-state index contributed by atoms with van der Waals surface area (Å²) in [5.41, 5.74) is 2.16. The van der Waals surface area contributed by atoms with Crippen LogP contribution in [0, 0.1) is 0 Å². The van der Waals surface area contributed by atoms with E-state index in [0.29, 0.717) is 0 Å². The molecule has 0 heterocycles. The van der Waals surface area contributed by atoms with Crippen molar-refractivity contribution in [3.05, 3.63) is 42.5 Å². The van der Waals surface area contributed by atoms with E-state index in [2.05, 4.69) is 33.3 Å². The van der Waals surface area contributed by atoms with Crippen molar-refractivity contribution < 1.29 is 0 Å². The van der Waals surface area contributed by atoms with Crippen LogP contribution in [0.25, 0.3) is 5.70 Å². The fourth-order valence-electron chi connectivity index (χ4n) is 0.964. The topological polar surface area (TPSA) is 12.0 Å². The largest absolute Gasteiger partial charge is 0.385 e. The first-order valence-electron chi connectivity index (χ1n) is 4.03. The van der Waals surface area contributed by atoms with Crippen molar-refractivity contribution in [2.75, 3.05) is 12.7 Å². The second-order valence-corrected chi connectivity index (χ2v) is 3.14. The number of hydrogen-bond acceptors (Lipinski definition) is 1. The molecule has 1 unspecified atom stereocenters. The lowest BCUT2D eigenvalue weighted by atomic mass is 10.2. The Hall–Kier alpha value is -0.810. The van der Waals surface area contributed by atoms with Crippen LogP contribution in [-0.2, 0) is 0 Å². The van der Waals surface area contributed by atoms with Gasteiger partial charge in [0.25, 0.3) is 0 Å². The van der Waals surface area contributed by atoms with Crippen molar-refractivity contribution in [2.24, 2.45) is 0 Å². The summed E-state index contributed by atoms with van der Waals surface area (Å²) >= 11 is 0. The van der Waals surface area contributed by atoms with E-state index >= 15 is 0 Å². The lowest BCUT2D eigenvalue weighted by Gasteiger charge is -2.07. The third-order valence-corrected chi connectivity index (χ3v) is 1.89. The van der Waals surface area contributed by atoms with Gasteiger partial charge in [-0.1, -0.05) is 36.9 Å². The molecule has 2 heteroatoms. The molecule has 12 heavy (non-hydrogen) atoms. The van der Waals surface area contributed by atoms with Gasteiger partial charge < -0.3 is 5.32 Å². The molecular formula is C10H14NP. The fourth-order valence-corrected chi connectivity index (χ4v) is 1.11. The van der Waals surface area contributed by atoms with Gasteiger partial charge in [-0.15, -0.1) is 9.24 Å². The number of benzene rings is 1. The zero-order chi connectivity index (χ0) is 8.81. The van der Waals surface area contributed by atoms with Gasteiger partial charge in [-0.2, -0.15) is 0 Å². The van der Waals surface area contributed by atoms with E-state index in [-0.39, 0.29) is 0 Å². The summed E-state index contributed by atoms with van der Waals surface area (Å²) in [6, 6.07) is 10.1. The Morgan fingerprint density at radius 3 is 2.58 bits per heavy atom. The van der Waals surface area contributed by atoms with Gasteiger partial charge in [0.1, 0.15) is 0 Å². The van der Waals surface area contributed by atoms with Gasteiger partial charge >= 0.3 is 0 Å². The summed E-state index contributed by atoms with van der Waals surface area (Å²) in [5.74, 6) is 0. The van der Waals surface area contributed by atoms with Crippen LogP contribution >= 0.6 is 9.24 Å². The monoisotopic (exact) mass is 179 g/mol. The highest BCUT2D eigenvalue weighted by molar-refractivity contribution is 7.16. The van der Waals surface area contributed by atoms with E-state index in [1.807, 2.05) is 18.2 Å². The highest BCUT2D eigenvalue weighted by Crippen LogP contribution is 2.07. The Morgan fingerprint density at radius 2 is 2.00 bits per heavy atom. The molecule has 1 nitrogen and oxygen atoms in total. The Bertz CT molecular complexity index is 243. The summed E-state index contributed by atoms with van der Waals surface area (Å²) < 4.78 is 0. The molecule has 1 aromatic carbocycles. The average molecular weight is 179 g/mol. The third kappa shape index (κ3) is 2.67. The first kappa shape index (κ1) is 9.28. The summed E-state index contributed by atoms with van der Waals surface area (Å²) in [6.45, 7) is 4.90. The van der Waals surface area contributed by atoms with E-state index in [1.165, 1.54) is 0 Å². The quantitative estimate of drug-likeness (QED) is 0.698. The molecule has 64 valence electrons. The maximum atomic E-state index is 3.94. The van der Waals surface area contributed by atoms with E-state index in [9.17, 15) is 0 Å². The zero-order valence-electron chi connectivity index (χ0n) is 7.09. The summed E-state index contributed by atoms with van der Waals surface area (Å²) in [6.07, 6.45) is 1.05. The number of nitrogens with one attached hydrogen (secondary N) is 1. The fraction of sp³-hybridized carbons (Fsp3) is 0.200. The second-order valence-electron chi connectivity index (χ2n) is 2.56. The van der Waals surface area contributed by atoms with Gasteiger partial charge in [0.15, 0.2) is 0 Å². The molecule has 1 aromatic rings. The number of rotatable bonds is 4. The molecule has 0 saturated heterocycles. The van der Waals surface area contributed by atoms with Crippen molar-refractivity contribution in [3.8, 4) is 0 Å². The molecule has 0 radical (unpaired) electrons. The Morgan fingerprint density at radius 1 is 1.33 bits per heavy atom. The van der Waals surface area contributed by atoms with E-state index in [0.717, 1.165) is 24.0 Å². The Kier molecular flexibility index (Phi) is 3.83. The van der Waals surface area contributed by atoms with Crippen LogP contribution in [0.1, 0.15) is 5.56 Å². The molecular weight excluding hydrogens is 165 g/mol. The van der Waals surface area contributed by atoms with E-state index < -0.39 is 0 Å². The first-order valence-corrected chi connectivity index (χ1v) is 4.84. The van der Waals surface area contributed by atoms with Crippen LogP contribution < -0.4 is 5.32 Å². The minimum atomic E-state index is 0.957. The van der Waals surface area contributed by atoms with E-state index in [4.69, 9.17) is 0 Å². The maximum Gasteiger partial charge on any atom is 0.0340 e. The normalized spacial score (nSPS) is 9.42. The summed E-state index contributed by atoms with van der Waals surface area (Å²) in [7, 11) is 2.68. The minimum absolute atomic E-state index is 0.957. The average Bonchev–Trinajstić information content (AvgIpc) is 2.15. The molecule has 0 aliphatic carbocycles. The lowest BCUT2D eigenvalue weighted by Crippen LogP contribution is -2.13. The molecule has 0 bridgehead atoms. The SMILES string of the molecule is C=C(NCCP)c1ccccc1. The lowest BCUT2D eigenvalue weighted by molar-refractivity contribution is 0.953. The van der Waals surface area contributed by atoms with Gasteiger partial charge in [0.2, 0.25) is 0 Å². The molecule has 1 rings (SSSR count). The maximum absolute atomic E-state index is 3.94. The minimum Gasteiger partial charge on any atom is -0.385 e. The van der Waals surface area contributed by atoms with Crippen LogP contribution in [0.2, 0.25) is 0 Å². The predicted molar refractivity (Wildman–Crippen MR) is 58.1 cm³/mol. The van der Waals surface area contributed by atoms with Crippen LogP contribution in [0.15, 0.2) is 36.9 Å². The van der Waals surface area contributed by atoms with Crippen molar-refractivity contribution in [1.29, 1.82) is 0 Å². The highest BCUT2D eigenvalue weighted by Gasteiger charge is 1.93. The van der Waals surface area contributed by atoms with Crippen LogP contribution in [0.3, 0.4) is 0 Å². The molecule has 0 saturated carbocycles. The highest BCUT2D eigenvalue weighted by atomic mass is 31.0. The molecule has 0 amide bonds. The van der Waals surface area contributed by atoms with Crippen LogP contribution in [0.5, 0.6) is 0 Å². The summed E-state index contributed by atoms with van der Waals surface area (Å²) in [4.78, 5) is 0. The van der Waals surface area contributed by atoms with Gasteiger partial charge in [-0.3, -0.25) is 0 Å². The molecule has 0 fully saturated rings. The van der Waals surface area contributed by atoms with Crippen LogP contribution in [-0.4, -0.2) is 12.7 Å². The van der Waals surface area contributed by atoms with E-state index in [1.54, 1.807) is 0 Å². The standard InChI is InChI=1S/C10H14NP/c1-9(11-7-8-12)10-5-3-2-4-6-10/h2-6,11H,1,7-8,12H2. The van der Waals surface area contributed by atoms with Gasteiger partial charge in [-0.05, 0) is 11.7 Å². The van der Waals surface area contributed by atoms with Crippen molar-refractivity contribution >= 4 is 14.9 Å². The van der Waals surface area contributed by atoms with Crippen molar-refractivity contribution in [3.63, 3.8) is 0 Å². The van der Waals surface area contributed by atoms with Crippen LogP contribution in [0.4, 0.5) is 0 Å². The van der Waals surface area contributed by atoms with Gasteiger partial charge in [-0.25, -0.2) is 0 Å². The Labute approximate surface area is 76.1 Å². The van der Waals surface area contributed by atoms with Gasteiger partial charge in [0, 0.05) is 12.2 Å². The molecule has 1 atom stereocenters. The first-order chi connectivity index (χ1) is 5.84. The summed E-state index contributed by atoms with van der Waals surface area (Å²) in [5, 5.41) is 3.23. The molecule has 0 aliphatic rings. The zero-order valence-corrected chi connectivity index (χ0v) is 8.24.